The van der Waals surface area contributed by atoms with Crippen molar-refractivity contribution in [1.82, 2.24) is 20.1 Å². The maximum absolute atomic E-state index is 12.2. The van der Waals surface area contributed by atoms with Crippen molar-refractivity contribution in [3.8, 4) is 0 Å². The Morgan fingerprint density at radius 2 is 1.85 bits per heavy atom. The van der Waals surface area contributed by atoms with E-state index in [4.69, 9.17) is 0 Å². The Morgan fingerprint density at radius 1 is 1.07 bits per heavy atom. The number of hydrogen-bond donors (Lipinski definition) is 1. The van der Waals surface area contributed by atoms with E-state index in [1.165, 1.54) is 16.2 Å². The van der Waals surface area contributed by atoms with Gasteiger partial charge in [-0.05, 0) is 12.1 Å². The summed E-state index contributed by atoms with van der Waals surface area (Å²) >= 11 is 1.27. The van der Waals surface area contributed by atoms with Gasteiger partial charge in [0.2, 0.25) is 5.13 Å². The van der Waals surface area contributed by atoms with E-state index < -0.39 is 0 Å². The van der Waals surface area contributed by atoms with Gasteiger partial charge in [0.1, 0.15) is 5.01 Å². The molecule has 3 rings (SSSR count). The smallest absolute Gasteiger partial charge is 0.322 e. The number of nitrogens with zero attached hydrogens (tertiary/aromatic N) is 4. The van der Waals surface area contributed by atoms with Crippen LogP contribution in [0.15, 0.2) is 54.7 Å². The monoisotopic (exact) mass is 381 g/mol. The molecule has 0 saturated heterocycles. The Morgan fingerprint density at radius 3 is 2.59 bits per heavy atom. The van der Waals surface area contributed by atoms with Crippen LogP contribution in [0.3, 0.4) is 0 Å². The number of benzene rings is 1. The van der Waals surface area contributed by atoms with Crippen molar-refractivity contribution in [1.29, 1.82) is 0 Å². The van der Waals surface area contributed by atoms with Crippen LogP contribution < -0.4 is 5.32 Å². The van der Waals surface area contributed by atoms with Gasteiger partial charge in [0.15, 0.2) is 5.78 Å². The number of carbonyl (C=O) groups is 2. The lowest BCUT2D eigenvalue weighted by atomic mass is 10.1. The van der Waals surface area contributed by atoms with E-state index >= 15 is 0 Å². The van der Waals surface area contributed by atoms with E-state index in [-0.39, 0.29) is 11.8 Å². The highest BCUT2D eigenvalue weighted by Gasteiger charge is 2.14. The van der Waals surface area contributed by atoms with Crippen molar-refractivity contribution >= 4 is 28.3 Å². The van der Waals surface area contributed by atoms with Crippen molar-refractivity contribution < 1.29 is 9.59 Å². The molecule has 0 unspecified atom stereocenters. The first-order valence-electron chi connectivity index (χ1n) is 8.44. The first-order chi connectivity index (χ1) is 13.1. The number of hydrogen-bond acceptors (Lipinski definition) is 6. The fourth-order valence-electron chi connectivity index (χ4n) is 2.39. The number of aromatic nitrogens is 3. The lowest BCUT2D eigenvalue weighted by molar-refractivity contribution is 0.0982. The zero-order valence-electron chi connectivity index (χ0n) is 14.8. The number of Topliss-reactive ketones (excluding diaryl/α,β-unsaturated/α-hetero) is 1. The molecule has 2 amide bonds. The van der Waals surface area contributed by atoms with Crippen LogP contribution in [0.2, 0.25) is 0 Å². The molecule has 0 bridgehead atoms. The number of amides is 2. The number of carbonyl (C=O) groups excluding carboxylic acids is 2. The Kier molecular flexibility index (Phi) is 6.22. The third-order valence-corrected chi connectivity index (χ3v) is 4.71. The first kappa shape index (κ1) is 18.7. The van der Waals surface area contributed by atoms with Gasteiger partial charge in [-0.3, -0.25) is 15.1 Å². The lowest BCUT2D eigenvalue weighted by Gasteiger charge is -2.16. The standard InChI is InChI=1S/C19H19N5O2S/c1-24(13-15-9-5-6-12-20-15)19(26)21-18-23-22-17(27-18)11-10-16(25)14-7-3-2-4-8-14/h2-9,12H,10-11,13H2,1H3,(H,21,23,26). The molecule has 7 nitrogen and oxygen atoms in total. The summed E-state index contributed by atoms with van der Waals surface area (Å²) < 4.78 is 0. The zero-order valence-corrected chi connectivity index (χ0v) is 15.6. The Balaban J connectivity index is 1.50. The summed E-state index contributed by atoms with van der Waals surface area (Å²) in [5.74, 6) is 0.0616. The van der Waals surface area contributed by atoms with Crippen molar-refractivity contribution in [3.63, 3.8) is 0 Å². The molecule has 2 heterocycles. The molecular formula is C19H19N5O2S. The van der Waals surface area contributed by atoms with E-state index in [1.807, 2.05) is 36.4 Å². The quantitative estimate of drug-likeness (QED) is 0.634. The Bertz CT molecular complexity index is 899. The number of urea groups is 1. The molecule has 0 saturated carbocycles. The minimum Gasteiger partial charge on any atom is -0.322 e. The summed E-state index contributed by atoms with van der Waals surface area (Å²) in [4.78, 5) is 30.1. The van der Waals surface area contributed by atoms with Gasteiger partial charge in [0.05, 0.1) is 12.2 Å². The summed E-state index contributed by atoms with van der Waals surface area (Å²) in [5, 5.41) is 11.9. The van der Waals surface area contributed by atoms with Crippen molar-refractivity contribution in [2.45, 2.75) is 19.4 Å². The molecule has 3 aromatic rings. The van der Waals surface area contributed by atoms with Gasteiger partial charge in [-0.15, -0.1) is 10.2 Å². The highest BCUT2D eigenvalue weighted by atomic mass is 32.1. The molecule has 27 heavy (non-hydrogen) atoms. The molecule has 8 heteroatoms. The van der Waals surface area contributed by atoms with Crippen molar-refractivity contribution in [3.05, 3.63) is 71.0 Å². The highest BCUT2D eigenvalue weighted by molar-refractivity contribution is 7.15. The van der Waals surface area contributed by atoms with E-state index in [0.717, 1.165) is 5.69 Å². The Labute approximate surface area is 161 Å². The predicted octanol–water partition coefficient (Wildman–Crippen LogP) is 3.41. The van der Waals surface area contributed by atoms with Gasteiger partial charge in [-0.25, -0.2) is 4.79 Å². The van der Waals surface area contributed by atoms with Crippen LogP contribution in [-0.2, 0) is 13.0 Å². The molecule has 0 aliphatic heterocycles. The maximum atomic E-state index is 12.2. The molecule has 0 radical (unpaired) electrons. The molecule has 0 atom stereocenters. The van der Waals surface area contributed by atoms with E-state index in [2.05, 4.69) is 20.5 Å². The van der Waals surface area contributed by atoms with Crippen molar-refractivity contribution in [2.24, 2.45) is 0 Å². The molecular weight excluding hydrogens is 362 g/mol. The minimum atomic E-state index is -0.288. The highest BCUT2D eigenvalue weighted by Crippen LogP contribution is 2.18. The van der Waals surface area contributed by atoms with Crippen molar-refractivity contribution in [2.75, 3.05) is 12.4 Å². The van der Waals surface area contributed by atoms with E-state index in [0.29, 0.717) is 35.1 Å². The third-order valence-electron chi connectivity index (χ3n) is 3.81. The van der Waals surface area contributed by atoms with E-state index in [9.17, 15) is 9.59 Å². The van der Waals surface area contributed by atoms with Gasteiger partial charge >= 0.3 is 6.03 Å². The van der Waals surface area contributed by atoms with Gasteiger partial charge in [0, 0.05) is 31.6 Å². The number of nitrogens with one attached hydrogen (secondary N) is 1. The third kappa shape index (κ3) is 5.42. The zero-order chi connectivity index (χ0) is 19.1. The summed E-state index contributed by atoms with van der Waals surface area (Å²) in [6.45, 7) is 0.393. The second kappa shape index (κ2) is 9.00. The molecule has 0 spiro atoms. The van der Waals surface area contributed by atoms with Crippen LogP contribution >= 0.6 is 11.3 Å². The number of rotatable bonds is 7. The molecule has 0 fully saturated rings. The predicted molar refractivity (Wildman–Crippen MR) is 104 cm³/mol. The molecule has 0 aliphatic rings. The average molecular weight is 381 g/mol. The van der Waals surface area contributed by atoms with Crippen LogP contribution in [0.4, 0.5) is 9.93 Å². The molecule has 1 aromatic carbocycles. The molecule has 0 aliphatic carbocycles. The van der Waals surface area contributed by atoms with Gasteiger partial charge in [0.25, 0.3) is 0 Å². The fraction of sp³-hybridized carbons (Fsp3) is 0.211. The number of pyridine rings is 1. The van der Waals surface area contributed by atoms with Crippen LogP contribution in [0.1, 0.15) is 27.5 Å². The lowest BCUT2D eigenvalue weighted by Crippen LogP contribution is -2.31. The normalized spacial score (nSPS) is 10.4. The first-order valence-corrected chi connectivity index (χ1v) is 9.26. The summed E-state index contributed by atoms with van der Waals surface area (Å²) in [6.07, 6.45) is 2.53. The van der Waals surface area contributed by atoms with Crippen LogP contribution in [0.25, 0.3) is 0 Å². The van der Waals surface area contributed by atoms with Gasteiger partial charge in [-0.2, -0.15) is 0 Å². The van der Waals surface area contributed by atoms with Gasteiger partial charge in [-0.1, -0.05) is 47.7 Å². The number of anilines is 1. The topological polar surface area (TPSA) is 88.1 Å². The average Bonchev–Trinajstić information content (AvgIpc) is 3.15. The molecule has 1 N–H and O–H groups in total. The maximum Gasteiger partial charge on any atom is 0.323 e. The molecule has 2 aromatic heterocycles. The number of ketones is 1. The fourth-order valence-corrected chi connectivity index (χ4v) is 3.12. The summed E-state index contributed by atoms with van der Waals surface area (Å²) in [5.41, 5.74) is 1.49. The summed E-state index contributed by atoms with van der Waals surface area (Å²) in [7, 11) is 1.69. The largest absolute Gasteiger partial charge is 0.323 e. The second-order valence-electron chi connectivity index (χ2n) is 5.90. The molecule has 138 valence electrons. The minimum absolute atomic E-state index is 0.0616. The SMILES string of the molecule is CN(Cc1ccccn1)C(=O)Nc1nnc(CCC(=O)c2ccccc2)s1. The van der Waals surface area contributed by atoms with Crippen LogP contribution in [-0.4, -0.2) is 38.9 Å². The van der Waals surface area contributed by atoms with Crippen LogP contribution in [0.5, 0.6) is 0 Å². The second-order valence-corrected chi connectivity index (χ2v) is 6.96. The Hall–Kier alpha value is -3.13. The van der Waals surface area contributed by atoms with Gasteiger partial charge < -0.3 is 4.90 Å². The van der Waals surface area contributed by atoms with Crippen LogP contribution in [0, 0.1) is 0 Å². The number of aryl methyl sites for hydroxylation is 1. The van der Waals surface area contributed by atoms with E-state index in [1.54, 1.807) is 25.4 Å². The summed E-state index contributed by atoms with van der Waals surface area (Å²) in [6, 6.07) is 14.4.